The molecule has 2 atom stereocenters. The molecule has 1 aliphatic rings. The first-order chi connectivity index (χ1) is 16.4. The molecule has 1 saturated heterocycles. The van der Waals surface area contributed by atoms with Crippen LogP contribution in [-0.2, 0) is 0 Å². The lowest BCUT2D eigenvalue weighted by Crippen LogP contribution is -2.30. The fourth-order valence-electron chi connectivity index (χ4n) is 4.24. The van der Waals surface area contributed by atoms with Crippen LogP contribution in [0.2, 0.25) is 5.02 Å². The summed E-state index contributed by atoms with van der Waals surface area (Å²) in [5.74, 6) is -0.938. The highest BCUT2D eigenvalue weighted by atomic mass is 35.5. The average Bonchev–Trinajstić information content (AvgIpc) is 3.45. The molecule has 1 aliphatic heterocycles. The number of carbonyl (C=O) groups is 1. The molecule has 0 amide bonds. The molecule has 3 heterocycles. The molecule has 0 spiro atoms. The van der Waals surface area contributed by atoms with Gasteiger partial charge in [0.2, 0.25) is 0 Å². The van der Waals surface area contributed by atoms with Gasteiger partial charge >= 0.3 is 5.97 Å². The third-order valence-electron chi connectivity index (χ3n) is 5.77. The third kappa shape index (κ3) is 3.87. The molecular formula is C25H19ClN4O3S. The maximum atomic E-state index is 11.3. The van der Waals surface area contributed by atoms with Crippen LogP contribution < -0.4 is 10.2 Å². The molecule has 0 bridgehead atoms. The Morgan fingerprint density at radius 3 is 2.56 bits per heavy atom. The van der Waals surface area contributed by atoms with Gasteiger partial charge in [0.25, 0.3) is 0 Å². The number of aromatic hydroxyl groups is 1. The van der Waals surface area contributed by atoms with Gasteiger partial charge in [-0.05, 0) is 78.9 Å². The standard InChI is InChI=1S/C25H19ClN4O3S/c26-16-8-11-21(31)20(14-16)30-23(22(28-25(30)34)18-4-1-2-12-27-18)19-5-3-13-29(19)17-9-6-15(7-10-17)24(32)33/h1-14,22-23,31H,(H,28,34)(H,32,33)/t22-,23-/m1/s1. The molecule has 170 valence electrons. The van der Waals surface area contributed by atoms with E-state index in [9.17, 15) is 15.0 Å². The molecule has 1 fully saturated rings. The molecule has 0 aliphatic carbocycles. The van der Waals surface area contributed by atoms with Gasteiger partial charge in [-0.25, -0.2) is 4.79 Å². The van der Waals surface area contributed by atoms with Gasteiger partial charge in [-0.2, -0.15) is 0 Å². The first-order valence-electron chi connectivity index (χ1n) is 10.4. The number of phenols is 1. The van der Waals surface area contributed by atoms with Crippen LogP contribution in [0.4, 0.5) is 5.69 Å². The fraction of sp³-hybridized carbons (Fsp3) is 0.0800. The number of nitrogens with one attached hydrogen (secondary N) is 1. The van der Waals surface area contributed by atoms with Crippen LogP contribution in [0.15, 0.2) is 85.2 Å². The minimum Gasteiger partial charge on any atom is -0.506 e. The summed E-state index contributed by atoms with van der Waals surface area (Å²) in [6.45, 7) is 0. The number of hydrogen-bond donors (Lipinski definition) is 3. The molecule has 5 rings (SSSR count). The first kappa shape index (κ1) is 21.9. The Hall–Kier alpha value is -3.88. The van der Waals surface area contributed by atoms with Crippen LogP contribution >= 0.6 is 23.8 Å². The number of benzene rings is 2. The Kier molecular flexibility index (Phi) is 5.69. The topological polar surface area (TPSA) is 90.6 Å². The maximum Gasteiger partial charge on any atom is 0.335 e. The van der Waals surface area contributed by atoms with Crippen molar-refractivity contribution in [3.05, 3.63) is 107 Å². The lowest BCUT2D eigenvalue weighted by atomic mass is 10.0. The van der Waals surface area contributed by atoms with E-state index in [4.69, 9.17) is 23.8 Å². The minimum atomic E-state index is -0.984. The van der Waals surface area contributed by atoms with Gasteiger partial charge in [-0.3, -0.25) is 4.98 Å². The van der Waals surface area contributed by atoms with Crippen molar-refractivity contribution >= 4 is 40.6 Å². The Morgan fingerprint density at radius 2 is 1.85 bits per heavy atom. The van der Waals surface area contributed by atoms with Crippen molar-refractivity contribution in [2.24, 2.45) is 0 Å². The van der Waals surface area contributed by atoms with Crippen molar-refractivity contribution in [1.29, 1.82) is 0 Å². The van der Waals surface area contributed by atoms with E-state index in [1.54, 1.807) is 42.6 Å². The molecule has 0 unspecified atom stereocenters. The third-order valence-corrected chi connectivity index (χ3v) is 6.32. The number of anilines is 1. The first-order valence-corrected chi connectivity index (χ1v) is 11.2. The van der Waals surface area contributed by atoms with E-state index in [1.807, 2.05) is 46.0 Å². The Morgan fingerprint density at radius 1 is 1.06 bits per heavy atom. The SMILES string of the molecule is O=C(O)c1ccc(-n2cccc2[C@@H]2[C@@H](c3ccccn3)NC(=S)N2c2cc(Cl)ccc2O)cc1. The second-order valence-electron chi connectivity index (χ2n) is 7.78. The number of thiocarbonyl (C=S) groups is 1. The Balaban J connectivity index is 1.67. The van der Waals surface area contributed by atoms with Crippen molar-refractivity contribution in [3.63, 3.8) is 0 Å². The van der Waals surface area contributed by atoms with E-state index in [0.29, 0.717) is 15.8 Å². The molecule has 34 heavy (non-hydrogen) atoms. The predicted molar refractivity (Wildman–Crippen MR) is 134 cm³/mol. The molecular weight excluding hydrogens is 472 g/mol. The van der Waals surface area contributed by atoms with Crippen LogP contribution in [0.1, 0.15) is 33.8 Å². The van der Waals surface area contributed by atoms with Crippen LogP contribution in [0, 0.1) is 0 Å². The molecule has 0 saturated carbocycles. The van der Waals surface area contributed by atoms with Gasteiger partial charge in [-0.1, -0.05) is 17.7 Å². The summed E-state index contributed by atoms with van der Waals surface area (Å²) in [6.07, 6.45) is 3.62. The second-order valence-corrected chi connectivity index (χ2v) is 8.61. The summed E-state index contributed by atoms with van der Waals surface area (Å²) < 4.78 is 1.97. The van der Waals surface area contributed by atoms with Gasteiger partial charge in [0, 0.05) is 28.8 Å². The van der Waals surface area contributed by atoms with Crippen molar-refractivity contribution < 1.29 is 15.0 Å². The largest absolute Gasteiger partial charge is 0.506 e. The van der Waals surface area contributed by atoms with Crippen molar-refractivity contribution in [1.82, 2.24) is 14.9 Å². The highest BCUT2D eigenvalue weighted by molar-refractivity contribution is 7.80. The van der Waals surface area contributed by atoms with Gasteiger partial charge in [0.15, 0.2) is 5.11 Å². The second kappa shape index (κ2) is 8.81. The number of rotatable bonds is 5. The zero-order valence-electron chi connectivity index (χ0n) is 17.7. The van der Waals surface area contributed by atoms with Crippen LogP contribution in [0.5, 0.6) is 5.75 Å². The molecule has 2 aromatic heterocycles. The lowest BCUT2D eigenvalue weighted by Gasteiger charge is -2.29. The normalized spacial score (nSPS) is 17.6. The molecule has 7 nitrogen and oxygen atoms in total. The zero-order chi connectivity index (χ0) is 23.8. The predicted octanol–water partition coefficient (Wildman–Crippen LogP) is 5.11. The van der Waals surface area contributed by atoms with Crippen LogP contribution in [0.25, 0.3) is 5.69 Å². The average molecular weight is 491 g/mol. The van der Waals surface area contributed by atoms with Crippen molar-refractivity contribution in [2.45, 2.75) is 12.1 Å². The summed E-state index contributed by atoms with van der Waals surface area (Å²) in [6, 6.07) is 20.3. The van der Waals surface area contributed by atoms with Gasteiger partial charge in [0.1, 0.15) is 11.8 Å². The summed E-state index contributed by atoms with van der Waals surface area (Å²) in [4.78, 5) is 17.7. The van der Waals surface area contributed by atoms with Crippen molar-refractivity contribution in [2.75, 3.05) is 4.90 Å². The number of aromatic carboxylic acids is 1. The van der Waals surface area contributed by atoms with E-state index < -0.39 is 5.97 Å². The maximum absolute atomic E-state index is 11.3. The molecule has 4 aromatic rings. The van der Waals surface area contributed by atoms with Crippen LogP contribution in [-0.4, -0.2) is 30.8 Å². The van der Waals surface area contributed by atoms with E-state index >= 15 is 0 Å². The summed E-state index contributed by atoms with van der Waals surface area (Å²) in [5.41, 5.74) is 3.12. The van der Waals surface area contributed by atoms with Crippen molar-refractivity contribution in [3.8, 4) is 11.4 Å². The van der Waals surface area contributed by atoms with E-state index in [1.165, 1.54) is 6.07 Å². The number of carboxylic acid groups (broad SMARTS) is 1. The highest BCUT2D eigenvalue weighted by Crippen LogP contribution is 2.45. The van der Waals surface area contributed by atoms with Gasteiger partial charge in [0.05, 0.1) is 23.0 Å². The van der Waals surface area contributed by atoms with E-state index in [0.717, 1.165) is 17.1 Å². The van der Waals surface area contributed by atoms with Crippen LogP contribution in [0.3, 0.4) is 0 Å². The quantitative estimate of drug-likeness (QED) is 0.335. The van der Waals surface area contributed by atoms with Gasteiger partial charge in [-0.15, -0.1) is 0 Å². The number of halogens is 1. The fourth-order valence-corrected chi connectivity index (χ4v) is 4.74. The molecule has 9 heteroatoms. The number of hydrogen-bond acceptors (Lipinski definition) is 4. The lowest BCUT2D eigenvalue weighted by molar-refractivity contribution is 0.0697. The monoisotopic (exact) mass is 490 g/mol. The highest BCUT2D eigenvalue weighted by Gasteiger charge is 2.43. The van der Waals surface area contributed by atoms with Gasteiger partial charge < -0.3 is 25.0 Å². The van der Waals surface area contributed by atoms with E-state index in [2.05, 4.69) is 10.3 Å². The zero-order valence-corrected chi connectivity index (χ0v) is 19.2. The number of pyridine rings is 1. The Labute approximate surface area is 205 Å². The minimum absolute atomic E-state index is 0.0455. The molecule has 0 radical (unpaired) electrons. The molecule has 3 N–H and O–H groups in total. The number of nitrogens with zero attached hydrogens (tertiary/aromatic N) is 3. The number of aromatic nitrogens is 2. The summed E-state index contributed by atoms with van der Waals surface area (Å²) in [7, 11) is 0. The smallest absolute Gasteiger partial charge is 0.335 e. The van der Waals surface area contributed by atoms with E-state index in [-0.39, 0.29) is 23.4 Å². The number of phenolic OH excluding ortho intramolecular Hbond substituents is 1. The molecule has 2 aromatic carbocycles. The summed E-state index contributed by atoms with van der Waals surface area (Å²) in [5, 5.41) is 24.2. The summed E-state index contributed by atoms with van der Waals surface area (Å²) >= 11 is 12.0. The Bertz CT molecular complexity index is 1370. The number of carboxylic acids is 1.